The number of benzene rings is 1. The molecule has 2 heterocycles. The first-order chi connectivity index (χ1) is 12.6. The molecule has 0 saturated carbocycles. The summed E-state index contributed by atoms with van der Waals surface area (Å²) in [5.74, 6) is 0.480. The van der Waals surface area contributed by atoms with E-state index in [2.05, 4.69) is 4.99 Å². The molecular weight excluding hydrogens is 354 g/mol. The lowest BCUT2D eigenvalue weighted by atomic mass is 10.2. The monoisotopic (exact) mass is 371 g/mol. The number of aliphatic hydroxyl groups is 1. The Labute approximate surface area is 154 Å². The lowest BCUT2D eigenvalue weighted by molar-refractivity contribution is -0.138. The minimum atomic E-state index is -0.618. The molecule has 0 saturated heterocycles. The van der Waals surface area contributed by atoms with Gasteiger partial charge in [0.15, 0.2) is 0 Å². The summed E-state index contributed by atoms with van der Waals surface area (Å²) in [7, 11) is 1.58. The average Bonchev–Trinajstić information content (AvgIpc) is 3.25. The van der Waals surface area contributed by atoms with E-state index in [-0.39, 0.29) is 17.9 Å². The Kier molecular flexibility index (Phi) is 5.48. The fourth-order valence-corrected chi connectivity index (χ4v) is 3.28. The van der Waals surface area contributed by atoms with E-state index in [1.54, 1.807) is 56.5 Å². The van der Waals surface area contributed by atoms with Gasteiger partial charge in [-0.25, -0.2) is 9.79 Å². The van der Waals surface area contributed by atoms with Gasteiger partial charge in [0.2, 0.25) is 0 Å². The van der Waals surface area contributed by atoms with Gasteiger partial charge in [-0.15, -0.1) is 0 Å². The molecule has 0 aliphatic carbocycles. The van der Waals surface area contributed by atoms with Crippen LogP contribution in [0, 0.1) is 0 Å². The summed E-state index contributed by atoms with van der Waals surface area (Å²) in [6.45, 7) is 1.91. The number of esters is 1. The van der Waals surface area contributed by atoms with Crippen LogP contribution in [-0.4, -0.2) is 29.8 Å². The van der Waals surface area contributed by atoms with Gasteiger partial charge in [-0.05, 0) is 49.4 Å². The SMILES string of the molecule is CCOC(=O)C1=C(O)C(=Cc2ccco2)SC1=Nc1ccc(OC)cc1. The molecule has 3 rings (SSSR count). The number of nitrogens with zero attached hydrogens (tertiary/aromatic N) is 1. The Balaban J connectivity index is 1.99. The number of rotatable bonds is 5. The molecule has 1 aliphatic heterocycles. The lowest BCUT2D eigenvalue weighted by Gasteiger charge is -2.04. The molecule has 1 aromatic carbocycles. The van der Waals surface area contributed by atoms with Crippen molar-refractivity contribution in [2.75, 3.05) is 13.7 Å². The van der Waals surface area contributed by atoms with Gasteiger partial charge in [0, 0.05) is 0 Å². The van der Waals surface area contributed by atoms with E-state index in [4.69, 9.17) is 13.9 Å². The number of ether oxygens (including phenoxy) is 2. The zero-order chi connectivity index (χ0) is 18.5. The van der Waals surface area contributed by atoms with Gasteiger partial charge in [0.25, 0.3) is 0 Å². The molecule has 0 bridgehead atoms. The Morgan fingerprint density at radius 1 is 1.31 bits per heavy atom. The summed E-state index contributed by atoms with van der Waals surface area (Å²) in [5.41, 5.74) is 0.674. The van der Waals surface area contributed by atoms with Crippen LogP contribution in [0.2, 0.25) is 0 Å². The number of thioether (sulfide) groups is 1. The van der Waals surface area contributed by atoms with Crippen molar-refractivity contribution >= 4 is 34.5 Å². The molecule has 7 heteroatoms. The molecular formula is C19H17NO5S. The maximum absolute atomic E-state index is 12.3. The number of methoxy groups -OCH3 is 1. The van der Waals surface area contributed by atoms with Crippen molar-refractivity contribution in [3.63, 3.8) is 0 Å². The van der Waals surface area contributed by atoms with Crippen molar-refractivity contribution in [1.82, 2.24) is 0 Å². The van der Waals surface area contributed by atoms with Crippen LogP contribution in [-0.2, 0) is 9.53 Å². The van der Waals surface area contributed by atoms with Gasteiger partial charge in [-0.3, -0.25) is 0 Å². The first-order valence-corrected chi connectivity index (χ1v) is 8.71. The quantitative estimate of drug-likeness (QED) is 0.781. The van der Waals surface area contributed by atoms with E-state index in [9.17, 15) is 9.90 Å². The smallest absolute Gasteiger partial charge is 0.344 e. The highest BCUT2D eigenvalue weighted by Gasteiger charge is 2.33. The van der Waals surface area contributed by atoms with E-state index in [0.29, 0.717) is 27.1 Å². The number of carbonyl (C=O) groups is 1. The van der Waals surface area contributed by atoms with E-state index < -0.39 is 5.97 Å². The third-order valence-electron chi connectivity index (χ3n) is 3.49. The molecule has 6 nitrogen and oxygen atoms in total. The molecule has 0 fully saturated rings. The zero-order valence-electron chi connectivity index (χ0n) is 14.3. The molecule has 1 N–H and O–H groups in total. The largest absolute Gasteiger partial charge is 0.506 e. The Morgan fingerprint density at radius 2 is 2.08 bits per heavy atom. The van der Waals surface area contributed by atoms with Crippen molar-refractivity contribution in [2.24, 2.45) is 4.99 Å². The first kappa shape index (κ1) is 17.9. The molecule has 26 heavy (non-hydrogen) atoms. The Hall–Kier alpha value is -2.93. The second-order valence-electron chi connectivity index (χ2n) is 5.19. The highest BCUT2D eigenvalue weighted by molar-refractivity contribution is 8.18. The molecule has 2 aromatic rings. The molecule has 134 valence electrons. The fraction of sp³-hybridized carbons (Fsp3) is 0.158. The maximum atomic E-state index is 12.3. The van der Waals surface area contributed by atoms with Crippen LogP contribution in [0.1, 0.15) is 12.7 Å². The minimum Gasteiger partial charge on any atom is -0.506 e. The molecule has 0 unspecified atom stereocenters. The third kappa shape index (κ3) is 3.83. The van der Waals surface area contributed by atoms with Gasteiger partial charge >= 0.3 is 5.97 Å². The van der Waals surface area contributed by atoms with Crippen LogP contribution >= 0.6 is 11.8 Å². The molecule has 1 aromatic heterocycles. The van der Waals surface area contributed by atoms with Crippen LogP contribution in [0.4, 0.5) is 5.69 Å². The van der Waals surface area contributed by atoms with Crippen molar-refractivity contribution in [2.45, 2.75) is 6.92 Å². The molecule has 1 aliphatic rings. The number of carbonyl (C=O) groups excluding carboxylic acids is 1. The Morgan fingerprint density at radius 3 is 2.69 bits per heavy atom. The number of hydrogen-bond acceptors (Lipinski definition) is 7. The predicted octanol–water partition coefficient (Wildman–Crippen LogP) is 4.48. The van der Waals surface area contributed by atoms with Crippen molar-refractivity contribution in [1.29, 1.82) is 0 Å². The van der Waals surface area contributed by atoms with Gasteiger partial charge in [-0.1, -0.05) is 11.8 Å². The van der Waals surface area contributed by atoms with Crippen molar-refractivity contribution in [3.05, 3.63) is 64.7 Å². The van der Waals surface area contributed by atoms with E-state index in [1.165, 1.54) is 18.0 Å². The van der Waals surface area contributed by atoms with E-state index in [1.807, 2.05) is 0 Å². The average molecular weight is 371 g/mol. The standard InChI is InChI=1S/C19H17NO5S/c1-3-24-19(22)16-17(21)15(11-14-5-4-10-25-14)26-18(16)20-12-6-8-13(23-2)9-7-12/h4-11,21H,3H2,1-2H3. The van der Waals surface area contributed by atoms with Gasteiger partial charge in [0.05, 0.1) is 30.6 Å². The Bertz CT molecular complexity index is 879. The normalized spacial score (nSPS) is 17.2. The van der Waals surface area contributed by atoms with E-state index in [0.717, 1.165) is 0 Å². The maximum Gasteiger partial charge on any atom is 0.344 e. The summed E-state index contributed by atoms with van der Waals surface area (Å²) in [6.07, 6.45) is 3.18. The summed E-state index contributed by atoms with van der Waals surface area (Å²) in [5, 5.41) is 10.9. The second kappa shape index (κ2) is 7.97. The van der Waals surface area contributed by atoms with Crippen LogP contribution < -0.4 is 4.74 Å². The van der Waals surface area contributed by atoms with Crippen LogP contribution in [0.15, 0.2) is 68.3 Å². The minimum absolute atomic E-state index is 0.0467. The number of aliphatic hydroxyl groups excluding tert-OH is 1. The summed E-state index contributed by atoms with van der Waals surface area (Å²) >= 11 is 1.18. The predicted molar refractivity (Wildman–Crippen MR) is 101 cm³/mol. The lowest BCUT2D eigenvalue weighted by Crippen LogP contribution is -2.12. The van der Waals surface area contributed by atoms with E-state index >= 15 is 0 Å². The van der Waals surface area contributed by atoms with Crippen molar-refractivity contribution < 1.29 is 23.8 Å². The number of aliphatic imine (C=N–C) groups is 1. The van der Waals surface area contributed by atoms with Crippen LogP contribution in [0.5, 0.6) is 5.75 Å². The summed E-state index contributed by atoms with van der Waals surface area (Å²) in [6, 6.07) is 10.6. The first-order valence-electron chi connectivity index (χ1n) is 7.89. The third-order valence-corrected chi connectivity index (χ3v) is 4.51. The fourth-order valence-electron chi connectivity index (χ4n) is 2.27. The van der Waals surface area contributed by atoms with Crippen LogP contribution in [0.3, 0.4) is 0 Å². The summed E-state index contributed by atoms with van der Waals surface area (Å²) in [4.78, 5) is 17.2. The number of hydrogen-bond donors (Lipinski definition) is 1. The van der Waals surface area contributed by atoms with Gasteiger partial charge in [-0.2, -0.15) is 0 Å². The van der Waals surface area contributed by atoms with Gasteiger partial charge < -0.3 is 19.0 Å². The highest BCUT2D eigenvalue weighted by atomic mass is 32.2. The van der Waals surface area contributed by atoms with Crippen molar-refractivity contribution in [3.8, 4) is 5.75 Å². The molecule has 0 amide bonds. The highest BCUT2D eigenvalue weighted by Crippen LogP contribution is 2.40. The topological polar surface area (TPSA) is 81.3 Å². The number of furan rings is 1. The molecule has 0 atom stereocenters. The molecule has 0 radical (unpaired) electrons. The van der Waals surface area contributed by atoms with Gasteiger partial charge in [0.1, 0.15) is 27.9 Å². The molecule has 0 spiro atoms. The summed E-state index contributed by atoms with van der Waals surface area (Å²) < 4.78 is 15.5. The second-order valence-corrected chi connectivity index (χ2v) is 6.22. The zero-order valence-corrected chi connectivity index (χ0v) is 15.1. The van der Waals surface area contributed by atoms with Crippen LogP contribution in [0.25, 0.3) is 6.08 Å².